The second-order valence-corrected chi connectivity index (χ2v) is 4.06. The van der Waals surface area contributed by atoms with E-state index in [0.717, 1.165) is 10.9 Å². The van der Waals surface area contributed by atoms with Crippen LogP contribution >= 0.6 is 23.2 Å². The topological polar surface area (TPSA) is 57.8 Å². The fourth-order valence-corrected chi connectivity index (χ4v) is 1.33. The Morgan fingerprint density at radius 2 is 2.27 bits per heavy atom. The van der Waals surface area contributed by atoms with Crippen molar-refractivity contribution in [3.63, 3.8) is 0 Å². The molecule has 15 heavy (non-hydrogen) atoms. The van der Waals surface area contributed by atoms with Crippen molar-refractivity contribution in [3.05, 3.63) is 24.4 Å². The molecule has 0 atom stereocenters. The number of hydrogen-bond donors (Lipinski definition) is 2. The Hall–Kier alpha value is -1.26. The summed E-state index contributed by atoms with van der Waals surface area (Å²) in [6.45, 7) is 0. The normalized spacial score (nSPS) is 10.9. The summed E-state index contributed by atoms with van der Waals surface area (Å²) in [5, 5.41) is 10.2. The van der Waals surface area contributed by atoms with Crippen LogP contribution in [0.2, 0.25) is 0 Å². The summed E-state index contributed by atoms with van der Waals surface area (Å²) in [6, 6.07) is 5.34. The van der Waals surface area contributed by atoms with Gasteiger partial charge in [0.15, 0.2) is 4.84 Å². The Balaban J connectivity index is 2.25. The van der Waals surface area contributed by atoms with E-state index in [1.807, 2.05) is 6.07 Å². The highest BCUT2D eigenvalue weighted by molar-refractivity contribution is 6.54. The maximum absolute atomic E-state index is 11.2. The number of halogens is 2. The zero-order chi connectivity index (χ0) is 10.8. The van der Waals surface area contributed by atoms with Gasteiger partial charge < -0.3 is 5.32 Å². The van der Waals surface area contributed by atoms with Gasteiger partial charge in [0, 0.05) is 11.1 Å². The number of nitrogens with zero attached hydrogens (tertiary/aromatic N) is 1. The van der Waals surface area contributed by atoms with Gasteiger partial charge in [-0.05, 0) is 18.2 Å². The molecule has 0 saturated heterocycles. The van der Waals surface area contributed by atoms with Gasteiger partial charge in [-0.2, -0.15) is 5.10 Å². The smallest absolute Gasteiger partial charge is 0.257 e. The third-order valence-corrected chi connectivity index (χ3v) is 2.30. The number of amides is 1. The standard InChI is InChI=1S/C9H7Cl2N3O/c10-8(11)9(15)13-6-1-2-7-5(3-6)4-12-14-7/h1-4,8H,(H,12,14)(H,13,15). The first-order valence-corrected chi connectivity index (χ1v) is 5.06. The number of hydrogen-bond acceptors (Lipinski definition) is 2. The van der Waals surface area contributed by atoms with Crippen molar-refractivity contribution in [2.24, 2.45) is 0 Å². The van der Waals surface area contributed by atoms with Crippen LogP contribution in [0.5, 0.6) is 0 Å². The zero-order valence-electron chi connectivity index (χ0n) is 7.50. The monoisotopic (exact) mass is 243 g/mol. The Labute approximate surface area is 95.6 Å². The van der Waals surface area contributed by atoms with E-state index >= 15 is 0 Å². The summed E-state index contributed by atoms with van der Waals surface area (Å²) in [7, 11) is 0. The quantitative estimate of drug-likeness (QED) is 0.796. The molecule has 0 aliphatic heterocycles. The minimum Gasteiger partial charge on any atom is -0.324 e. The van der Waals surface area contributed by atoms with E-state index < -0.39 is 10.7 Å². The zero-order valence-corrected chi connectivity index (χ0v) is 9.01. The maximum Gasteiger partial charge on any atom is 0.257 e. The fourth-order valence-electron chi connectivity index (χ4n) is 1.22. The van der Waals surface area contributed by atoms with Crippen molar-refractivity contribution in [3.8, 4) is 0 Å². The van der Waals surface area contributed by atoms with E-state index in [1.165, 1.54) is 0 Å². The Morgan fingerprint density at radius 1 is 1.47 bits per heavy atom. The molecular weight excluding hydrogens is 237 g/mol. The van der Waals surface area contributed by atoms with Crippen LogP contribution in [0, 0.1) is 0 Å². The van der Waals surface area contributed by atoms with Gasteiger partial charge in [0.25, 0.3) is 5.91 Å². The van der Waals surface area contributed by atoms with Gasteiger partial charge in [-0.25, -0.2) is 0 Å². The number of benzene rings is 1. The average molecular weight is 244 g/mol. The van der Waals surface area contributed by atoms with Crippen molar-refractivity contribution in [1.82, 2.24) is 10.2 Å². The number of rotatable bonds is 2. The highest BCUT2D eigenvalue weighted by Gasteiger charge is 2.11. The first-order valence-electron chi connectivity index (χ1n) is 4.19. The van der Waals surface area contributed by atoms with Crippen molar-refractivity contribution in [2.45, 2.75) is 4.84 Å². The molecule has 78 valence electrons. The third kappa shape index (κ3) is 2.22. The maximum atomic E-state index is 11.2. The van der Waals surface area contributed by atoms with Crippen LogP contribution in [0.3, 0.4) is 0 Å². The minimum absolute atomic E-state index is 0.443. The van der Waals surface area contributed by atoms with Crippen LogP contribution in [0.1, 0.15) is 0 Å². The number of nitrogens with one attached hydrogen (secondary N) is 2. The van der Waals surface area contributed by atoms with Crippen LogP contribution in [-0.2, 0) is 4.79 Å². The molecule has 2 N–H and O–H groups in total. The molecular formula is C9H7Cl2N3O. The number of anilines is 1. The lowest BCUT2D eigenvalue weighted by Crippen LogP contribution is -2.18. The summed E-state index contributed by atoms with van der Waals surface area (Å²) >= 11 is 10.8. The van der Waals surface area contributed by atoms with Gasteiger partial charge in [-0.1, -0.05) is 23.2 Å². The minimum atomic E-state index is -1.06. The third-order valence-electron chi connectivity index (χ3n) is 1.91. The predicted molar refractivity (Wildman–Crippen MR) is 60.2 cm³/mol. The van der Waals surface area contributed by atoms with E-state index in [4.69, 9.17) is 23.2 Å². The van der Waals surface area contributed by atoms with Gasteiger partial charge in [0.1, 0.15) is 0 Å². The van der Waals surface area contributed by atoms with Gasteiger partial charge >= 0.3 is 0 Å². The SMILES string of the molecule is O=C(Nc1ccc2[nH]ncc2c1)C(Cl)Cl. The average Bonchev–Trinajstić information content (AvgIpc) is 2.64. The number of aromatic nitrogens is 2. The molecule has 6 heteroatoms. The summed E-state index contributed by atoms with van der Waals surface area (Å²) in [6.07, 6.45) is 1.67. The lowest BCUT2D eigenvalue weighted by atomic mass is 10.2. The molecule has 1 amide bonds. The Bertz CT molecular complexity index is 495. The van der Waals surface area contributed by atoms with Crippen LogP contribution < -0.4 is 5.32 Å². The Kier molecular flexibility index (Phi) is 2.79. The Morgan fingerprint density at radius 3 is 3.00 bits per heavy atom. The molecule has 0 fully saturated rings. The van der Waals surface area contributed by atoms with Gasteiger partial charge in [0.05, 0.1) is 11.7 Å². The van der Waals surface area contributed by atoms with Gasteiger partial charge in [-0.3, -0.25) is 9.89 Å². The summed E-state index contributed by atoms with van der Waals surface area (Å²) in [5.41, 5.74) is 1.54. The number of carbonyl (C=O) groups excluding carboxylic acids is 1. The molecule has 0 radical (unpaired) electrons. The molecule has 2 rings (SSSR count). The molecule has 0 unspecified atom stereocenters. The van der Waals surface area contributed by atoms with Crippen molar-refractivity contribution < 1.29 is 4.79 Å². The summed E-state index contributed by atoms with van der Waals surface area (Å²) in [5.74, 6) is -0.443. The van der Waals surface area contributed by atoms with Crippen molar-refractivity contribution in [1.29, 1.82) is 0 Å². The molecule has 0 saturated carbocycles. The number of carbonyl (C=O) groups is 1. The van der Waals surface area contributed by atoms with E-state index in [9.17, 15) is 4.79 Å². The van der Waals surface area contributed by atoms with Gasteiger partial charge in [-0.15, -0.1) is 0 Å². The van der Waals surface area contributed by atoms with Crippen LogP contribution in [0.25, 0.3) is 10.9 Å². The lowest BCUT2D eigenvalue weighted by Gasteiger charge is -2.04. The van der Waals surface area contributed by atoms with Crippen molar-refractivity contribution in [2.75, 3.05) is 5.32 Å². The number of alkyl halides is 2. The molecule has 1 heterocycles. The van der Waals surface area contributed by atoms with E-state index in [0.29, 0.717) is 5.69 Å². The molecule has 2 aromatic rings. The molecule has 0 bridgehead atoms. The molecule has 0 spiro atoms. The molecule has 0 aliphatic rings. The summed E-state index contributed by atoms with van der Waals surface area (Å²) < 4.78 is 0. The summed E-state index contributed by atoms with van der Waals surface area (Å²) in [4.78, 5) is 10.1. The molecule has 0 aliphatic carbocycles. The highest BCUT2D eigenvalue weighted by Crippen LogP contribution is 2.17. The highest BCUT2D eigenvalue weighted by atomic mass is 35.5. The first-order chi connectivity index (χ1) is 7.16. The van der Waals surface area contributed by atoms with Crippen molar-refractivity contribution >= 4 is 45.7 Å². The van der Waals surface area contributed by atoms with Crippen LogP contribution in [0.15, 0.2) is 24.4 Å². The van der Waals surface area contributed by atoms with Crippen LogP contribution in [-0.4, -0.2) is 20.9 Å². The first kappa shape index (κ1) is 10.3. The lowest BCUT2D eigenvalue weighted by molar-refractivity contribution is -0.114. The number of fused-ring (bicyclic) bond motifs is 1. The van der Waals surface area contributed by atoms with E-state index in [-0.39, 0.29) is 0 Å². The number of H-pyrrole nitrogens is 1. The second kappa shape index (κ2) is 4.08. The molecule has 1 aromatic heterocycles. The second-order valence-electron chi connectivity index (χ2n) is 2.96. The largest absolute Gasteiger partial charge is 0.324 e. The number of aromatic amines is 1. The van der Waals surface area contributed by atoms with Crippen LogP contribution in [0.4, 0.5) is 5.69 Å². The molecule has 4 nitrogen and oxygen atoms in total. The predicted octanol–water partition coefficient (Wildman–Crippen LogP) is 2.31. The van der Waals surface area contributed by atoms with E-state index in [2.05, 4.69) is 15.5 Å². The molecule has 1 aromatic carbocycles. The fraction of sp³-hybridized carbons (Fsp3) is 0.111. The van der Waals surface area contributed by atoms with Gasteiger partial charge in [0.2, 0.25) is 0 Å². The van der Waals surface area contributed by atoms with E-state index in [1.54, 1.807) is 18.3 Å².